The molecule has 21 heavy (non-hydrogen) atoms. The molecule has 0 spiro atoms. The minimum Gasteiger partial charge on any atom is -0.466 e. The fraction of sp³-hybridized carbons (Fsp3) is 0.643. The van der Waals surface area contributed by atoms with E-state index in [1.54, 1.807) is 0 Å². The van der Waals surface area contributed by atoms with Crippen LogP contribution in [0.4, 0.5) is 0 Å². The monoisotopic (exact) mass is 312 g/mol. The maximum atomic E-state index is 11.6. The molecule has 0 aliphatic rings. The Bertz CT molecular complexity index is 632. The average Bonchev–Trinajstić information content (AvgIpc) is 2.96. The molecular formula is C14H21ClN4O2. The zero-order valence-electron chi connectivity index (χ0n) is 12.7. The standard InChI is InChI=1S/C14H21ClN4O2/c1-4-19-14-13(10(3)17-19)16-11(6-8-15)18(14)9-7-12(20)21-5-2/h4-9H2,1-3H3. The Balaban J connectivity index is 2.37. The summed E-state index contributed by atoms with van der Waals surface area (Å²) in [6.45, 7) is 7.49. The van der Waals surface area contributed by atoms with E-state index < -0.39 is 0 Å². The van der Waals surface area contributed by atoms with Crippen LogP contribution in [-0.4, -0.2) is 37.8 Å². The van der Waals surface area contributed by atoms with Crippen LogP contribution < -0.4 is 0 Å². The zero-order chi connectivity index (χ0) is 15.4. The van der Waals surface area contributed by atoms with E-state index in [0.29, 0.717) is 31.9 Å². The van der Waals surface area contributed by atoms with E-state index in [2.05, 4.69) is 10.1 Å². The van der Waals surface area contributed by atoms with Gasteiger partial charge in [-0.3, -0.25) is 4.79 Å². The number of carbonyl (C=O) groups is 1. The highest BCUT2D eigenvalue weighted by Crippen LogP contribution is 2.21. The van der Waals surface area contributed by atoms with Crippen molar-refractivity contribution in [3.8, 4) is 0 Å². The number of hydrogen-bond donors (Lipinski definition) is 0. The number of aryl methyl sites for hydroxylation is 4. The van der Waals surface area contributed by atoms with Crippen LogP contribution in [0.15, 0.2) is 0 Å². The number of hydrogen-bond acceptors (Lipinski definition) is 4. The molecule has 116 valence electrons. The lowest BCUT2D eigenvalue weighted by Crippen LogP contribution is -2.13. The fourth-order valence-corrected chi connectivity index (χ4v) is 2.61. The maximum absolute atomic E-state index is 11.6. The minimum absolute atomic E-state index is 0.199. The maximum Gasteiger partial charge on any atom is 0.307 e. The summed E-state index contributed by atoms with van der Waals surface area (Å²) >= 11 is 5.86. The lowest BCUT2D eigenvalue weighted by molar-refractivity contribution is -0.143. The molecule has 2 heterocycles. The Labute approximate surface area is 129 Å². The number of nitrogens with zero attached hydrogens (tertiary/aromatic N) is 4. The molecule has 0 N–H and O–H groups in total. The Morgan fingerprint density at radius 1 is 1.38 bits per heavy atom. The predicted octanol–water partition coefficient (Wildman–Crippen LogP) is 2.30. The third kappa shape index (κ3) is 3.20. The molecule has 0 saturated heterocycles. The lowest BCUT2D eigenvalue weighted by atomic mass is 10.4. The SMILES string of the molecule is CCOC(=O)CCn1c(CCCl)nc2c(C)nn(CC)c21. The van der Waals surface area contributed by atoms with Crippen molar-refractivity contribution in [1.29, 1.82) is 0 Å². The molecule has 0 bridgehead atoms. The molecule has 0 unspecified atom stereocenters. The van der Waals surface area contributed by atoms with Gasteiger partial charge in [0.2, 0.25) is 0 Å². The van der Waals surface area contributed by atoms with E-state index >= 15 is 0 Å². The topological polar surface area (TPSA) is 61.9 Å². The van der Waals surface area contributed by atoms with Crippen LogP contribution in [0.1, 0.15) is 31.8 Å². The summed E-state index contributed by atoms with van der Waals surface area (Å²) in [6.07, 6.45) is 0.991. The third-order valence-corrected chi connectivity index (χ3v) is 3.53. The highest BCUT2D eigenvalue weighted by atomic mass is 35.5. The molecule has 0 amide bonds. The number of aromatic nitrogens is 4. The van der Waals surface area contributed by atoms with Crippen LogP contribution >= 0.6 is 11.6 Å². The molecule has 7 heteroatoms. The lowest BCUT2D eigenvalue weighted by Gasteiger charge is -2.09. The molecule has 0 fully saturated rings. The summed E-state index contributed by atoms with van der Waals surface area (Å²) in [7, 11) is 0. The summed E-state index contributed by atoms with van der Waals surface area (Å²) in [4.78, 5) is 16.2. The highest BCUT2D eigenvalue weighted by molar-refractivity contribution is 6.17. The molecule has 2 aromatic rings. The van der Waals surface area contributed by atoms with Crippen LogP contribution in [0.5, 0.6) is 0 Å². The summed E-state index contributed by atoms with van der Waals surface area (Å²) in [5.74, 6) is 1.19. The molecule has 0 saturated carbocycles. The second-order valence-corrected chi connectivity index (χ2v) is 5.13. The van der Waals surface area contributed by atoms with E-state index in [4.69, 9.17) is 16.3 Å². The summed E-state index contributed by atoms with van der Waals surface area (Å²) in [6, 6.07) is 0. The van der Waals surface area contributed by atoms with Gasteiger partial charge in [-0.25, -0.2) is 9.67 Å². The first-order chi connectivity index (χ1) is 10.1. The fourth-order valence-electron chi connectivity index (χ4n) is 2.44. The molecule has 2 rings (SSSR count). The Kier molecular flexibility index (Phi) is 5.22. The van der Waals surface area contributed by atoms with Gasteiger partial charge in [0, 0.05) is 25.4 Å². The first-order valence-electron chi connectivity index (χ1n) is 7.26. The molecule has 0 atom stereocenters. The summed E-state index contributed by atoms with van der Waals surface area (Å²) in [5.41, 5.74) is 2.75. The Hall–Kier alpha value is -1.56. The molecule has 0 aromatic carbocycles. The number of ether oxygens (including phenoxy) is 1. The van der Waals surface area contributed by atoms with Gasteiger partial charge in [0.05, 0.1) is 18.7 Å². The smallest absolute Gasteiger partial charge is 0.307 e. The summed E-state index contributed by atoms with van der Waals surface area (Å²) in [5, 5.41) is 4.48. The van der Waals surface area contributed by atoms with Crippen molar-refractivity contribution in [3.63, 3.8) is 0 Å². The van der Waals surface area contributed by atoms with Crippen molar-refractivity contribution in [3.05, 3.63) is 11.5 Å². The molecule has 6 nitrogen and oxygen atoms in total. The zero-order valence-corrected chi connectivity index (χ0v) is 13.5. The van der Waals surface area contributed by atoms with Crippen LogP contribution in [0, 0.1) is 6.92 Å². The van der Waals surface area contributed by atoms with E-state index in [1.807, 2.05) is 30.0 Å². The van der Waals surface area contributed by atoms with E-state index in [-0.39, 0.29) is 5.97 Å². The third-order valence-electron chi connectivity index (χ3n) is 3.34. The van der Waals surface area contributed by atoms with Crippen LogP contribution in [0.3, 0.4) is 0 Å². The van der Waals surface area contributed by atoms with E-state index in [1.165, 1.54) is 0 Å². The second-order valence-electron chi connectivity index (χ2n) is 4.75. The van der Waals surface area contributed by atoms with Gasteiger partial charge in [-0.05, 0) is 20.8 Å². The first-order valence-corrected chi connectivity index (χ1v) is 7.79. The van der Waals surface area contributed by atoms with Gasteiger partial charge >= 0.3 is 5.97 Å². The summed E-state index contributed by atoms with van der Waals surface area (Å²) < 4.78 is 8.95. The number of imidazole rings is 1. The van der Waals surface area contributed by atoms with Crippen molar-refractivity contribution in [1.82, 2.24) is 19.3 Å². The van der Waals surface area contributed by atoms with Crippen LogP contribution in [0.25, 0.3) is 11.2 Å². The largest absolute Gasteiger partial charge is 0.466 e. The Morgan fingerprint density at radius 3 is 2.76 bits per heavy atom. The molecule has 2 aromatic heterocycles. The van der Waals surface area contributed by atoms with E-state index in [9.17, 15) is 4.79 Å². The van der Waals surface area contributed by atoms with Crippen molar-refractivity contribution in [2.24, 2.45) is 0 Å². The van der Waals surface area contributed by atoms with Gasteiger partial charge in [0.25, 0.3) is 0 Å². The van der Waals surface area contributed by atoms with E-state index in [0.717, 1.165) is 29.2 Å². The van der Waals surface area contributed by atoms with Gasteiger partial charge in [-0.1, -0.05) is 0 Å². The van der Waals surface area contributed by atoms with Gasteiger partial charge in [0.1, 0.15) is 11.3 Å². The molecule has 0 aliphatic heterocycles. The van der Waals surface area contributed by atoms with Gasteiger partial charge in [0.15, 0.2) is 5.65 Å². The number of fused-ring (bicyclic) bond motifs is 1. The van der Waals surface area contributed by atoms with Gasteiger partial charge in [-0.2, -0.15) is 5.10 Å². The molecule has 0 aliphatic carbocycles. The van der Waals surface area contributed by atoms with Crippen molar-refractivity contribution < 1.29 is 9.53 Å². The van der Waals surface area contributed by atoms with Crippen molar-refractivity contribution in [2.75, 3.05) is 12.5 Å². The van der Waals surface area contributed by atoms with Gasteiger partial charge < -0.3 is 9.30 Å². The minimum atomic E-state index is -0.199. The van der Waals surface area contributed by atoms with Gasteiger partial charge in [-0.15, -0.1) is 11.6 Å². The number of alkyl halides is 1. The molecular weight excluding hydrogens is 292 g/mol. The first kappa shape index (κ1) is 15.8. The number of rotatable bonds is 7. The quantitative estimate of drug-likeness (QED) is 0.581. The molecule has 0 radical (unpaired) electrons. The number of halogens is 1. The van der Waals surface area contributed by atoms with Crippen LogP contribution in [-0.2, 0) is 29.0 Å². The van der Waals surface area contributed by atoms with Crippen molar-refractivity contribution in [2.45, 2.75) is 46.7 Å². The van der Waals surface area contributed by atoms with Crippen LogP contribution in [0.2, 0.25) is 0 Å². The second kappa shape index (κ2) is 6.93. The number of carbonyl (C=O) groups excluding carboxylic acids is 1. The average molecular weight is 313 g/mol. The normalized spacial score (nSPS) is 11.2. The highest BCUT2D eigenvalue weighted by Gasteiger charge is 2.18. The number of esters is 1. The van der Waals surface area contributed by atoms with Crippen molar-refractivity contribution >= 4 is 28.7 Å². The Morgan fingerprint density at radius 2 is 2.14 bits per heavy atom. The predicted molar refractivity (Wildman–Crippen MR) is 81.6 cm³/mol.